The predicted octanol–water partition coefficient (Wildman–Crippen LogP) is 3.58. The SMILES string of the molecule is Cc1nccn1Cc1cn(-c2cc(F)cc(C(F)(F)F)c2)cn1. The molecule has 0 unspecified atom stereocenters. The summed E-state index contributed by atoms with van der Waals surface area (Å²) in [7, 11) is 0. The van der Waals surface area contributed by atoms with E-state index in [0.717, 1.165) is 18.0 Å². The first-order valence-corrected chi connectivity index (χ1v) is 6.72. The molecule has 0 bridgehead atoms. The quantitative estimate of drug-likeness (QED) is 0.690. The highest BCUT2D eigenvalue weighted by Gasteiger charge is 2.31. The average Bonchev–Trinajstić information content (AvgIpc) is 3.08. The van der Waals surface area contributed by atoms with Crippen molar-refractivity contribution in [2.24, 2.45) is 0 Å². The zero-order valence-corrected chi connectivity index (χ0v) is 12.0. The summed E-state index contributed by atoms with van der Waals surface area (Å²) in [5.41, 5.74) is -0.337. The molecular formula is C15H12F4N4. The third-order valence-electron chi connectivity index (χ3n) is 3.40. The molecule has 1 aromatic carbocycles. The Bertz CT molecular complexity index is 832. The molecule has 0 fully saturated rings. The van der Waals surface area contributed by atoms with Crippen molar-refractivity contribution >= 4 is 0 Å². The second-order valence-corrected chi connectivity index (χ2v) is 5.07. The van der Waals surface area contributed by atoms with Crippen molar-refractivity contribution in [3.05, 3.63) is 66.0 Å². The minimum Gasteiger partial charge on any atom is -0.329 e. The van der Waals surface area contributed by atoms with Gasteiger partial charge in [0.2, 0.25) is 0 Å². The average molecular weight is 324 g/mol. The lowest BCUT2D eigenvalue weighted by Gasteiger charge is -2.09. The van der Waals surface area contributed by atoms with Crippen LogP contribution in [0.5, 0.6) is 0 Å². The summed E-state index contributed by atoms with van der Waals surface area (Å²) in [5.74, 6) is -0.153. The van der Waals surface area contributed by atoms with Gasteiger partial charge in [-0.3, -0.25) is 0 Å². The van der Waals surface area contributed by atoms with Gasteiger partial charge >= 0.3 is 6.18 Å². The fourth-order valence-electron chi connectivity index (χ4n) is 2.22. The van der Waals surface area contributed by atoms with Gasteiger partial charge in [0, 0.05) is 24.3 Å². The monoisotopic (exact) mass is 324 g/mol. The number of halogens is 4. The highest BCUT2D eigenvalue weighted by Crippen LogP contribution is 2.31. The van der Waals surface area contributed by atoms with E-state index in [1.807, 2.05) is 11.5 Å². The highest BCUT2D eigenvalue weighted by atomic mass is 19.4. The van der Waals surface area contributed by atoms with Crippen LogP contribution < -0.4 is 0 Å². The number of benzene rings is 1. The molecule has 2 aromatic heterocycles. The summed E-state index contributed by atoms with van der Waals surface area (Å²) >= 11 is 0. The Morgan fingerprint density at radius 2 is 1.91 bits per heavy atom. The molecule has 0 aliphatic heterocycles. The summed E-state index contributed by atoms with van der Waals surface area (Å²) in [6.07, 6.45) is 1.74. The topological polar surface area (TPSA) is 35.6 Å². The number of nitrogens with zero attached hydrogens (tertiary/aromatic N) is 4. The van der Waals surface area contributed by atoms with E-state index in [0.29, 0.717) is 18.3 Å². The van der Waals surface area contributed by atoms with Crippen LogP contribution in [0.3, 0.4) is 0 Å². The first-order valence-electron chi connectivity index (χ1n) is 6.72. The predicted molar refractivity (Wildman–Crippen MR) is 74.6 cm³/mol. The van der Waals surface area contributed by atoms with Crippen LogP contribution in [0.1, 0.15) is 17.1 Å². The van der Waals surface area contributed by atoms with Crippen molar-refractivity contribution in [1.82, 2.24) is 19.1 Å². The van der Waals surface area contributed by atoms with Gasteiger partial charge in [-0.25, -0.2) is 14.4 Å². The fourth-order valence-corrected chi connectivity index (χ4v) is 2.22. The summed E-state index contributed by atoms with van der Waals surface area (Å²) in [6, 6.07) is 2.39. The van der Waals surface area contributed by atoms with E-state index >= 15 is 0 Å². The van der Waals surface area contributed by atoms with Crippen LogP contribution in [-0.2, 0) is 12.7 Å². The molecule has 0 spiro atoms. The number of aromatic nitrogens is 4. The van der Waals surface area contributed by atoms with E-state index in [1.165, 1.54) is 10.9 Å². The zero-order chi connectivity index (χ0) is 16.6. The lowest BCUT2D eigenvalue weighted by molar-refractivity contribution is -0.137. The second kappa shape index (κ2) is 5.53. The van der Waals surface area contributed by atoms with Gasteiger partial charge in [-0.2, -0.15) is 13.2 Å². The molecule has 0 aliphatic rings. The van der Waals surface area contributed by atoms with E-state index in [1.54, 1.807) is 18.6 Å². The number of alkyl halides is 3. The second-order valence-electron chi connectivity index (χ2n) is 5.07. The van der Waals surface area contributed by atoms with Crippen molar-refractivity contribution in [1.29, 1.82) is 0 Å². The van der Waals surface area contributed by atoms with Crippen molar-refractivity contribution in [3.8, 4) is 5.69 Å². The van der Waals surface area contributed by atoms with E-state index in [2.05, 4.69) is 9.97 Å². The molecule has 23 heavy (non-hydrogen) atoms. The van der Waals surface area contributed by atoms with Crippen molar-refractivity contribution in [2.75, 3.05) is 0 Å². The minimum atomic E-state index is -4.60. The smallest absolute Gasteiger partial charge is 0.329 e. The molecule has 0 N–H and O–H groups in total. The van der Waals surface area contributed by atoms with Gasteiger partial charge in [-0.1, -0.05) is 0 Å². The highest BCUT2D eigenvalue weighted by molar-refractivity contribution is 5.38. The molecule has 0 amide bonds. The van der Waals surface area contributed by atoms with Crippen molar-refractivity contribution in [3.63, 3.8) is 0 Å². The third-order valence-corrected chi connectivity index (χ3v) is 3.40. The molecule has 120 valence electrons. The summed E-state index contributed by atoms with van der Waals surface area (Å²) in [5, 5.41) is 0. The maximum absolute atomic E-state index is 13.5. The maximum atomic E-state index is 13.5. The number of rotatable bonds is 3. The molecule has 0 saturated carbocycles. The van der Waals surface area contributed by atoms with Crippen molar-refractivity contribution < 1.29 is 17.6 Å². The molecule has 0 aliphatic carbocycles. The van der Waals surface area contributed by atoms with Crippen LogP contribution in [0, 0.1) is 12.7 Å². The minimum absolute atomic E-state index is 0.0680. The molecule has 2 heterocycles. The standard InChI is InChI=1S/C15H12F4N4/c1-10-20-2-3-22(10)7-13-8-23(9-21-13)14-5-11(15(17,18)19)4-12(16)6-14/h2-6,8-9H,7H2,1H3. The summed E-state index contributed by atoms with van der Waals surface area (Å²) in [4.78, 5) is 8.22. The van der Waals surface area contributed by atoms with Crippen LogP contribution >= 0.6 is 0 Å². The first kappa shape index (κ1) is 15.3. The van der Waals surface area contributed by atoms with Crippen LogP contribution in [0.2, 0.25) is 0 Å². The molecule has 0 radical (unpaired) electrons. The largest absolute Gasteiger partial charge is 0.416 e. The van der Waals surface area contributed by atoms with Crippen LogP contribution in [-0.4, -0.2) is 19.1 Å². The van der Waals surface area contributed by atoms with E-state index in [4.69, 9.17) is 0 Å². The van der Waals surface area contributed by atoms with Gasteiger partial charge < -0.3 is 9.13 Å². The molecule has 4 nitrogen and oxygen atoms in total. The van der Waals surface area contributed by atoms with E-state index in [9.17, 15) is 17.6 Å². The van der Waals surface area contributed by atoms with Crippen LogP contribution in [0.15, 0.2) is 43.1 Å². The molecule has 3 rings (SSSR count). The van der Waals surface area contributed by atoms with E-state index < -0.39 is 17.6 Å². The Labute approximate surface area is 129 Å². The molecule has 0 saturated heterocycles. The van der Waals surface area contributed by atoms with Crippen molar-refractivity contribution in [2.45, 2.75) is 19.6 Å². The van der Waals surface area contributed by atoms with Gasteiger partial charge in [0.1, 0.15) is 11.6 Å². The lowest BCUT2D eigenvalue weighted by atomic mass is 10.2. The summed E-state index contributed by atoms with van der Waals surface area (Å²) in [6.45, 7) is 2.26. The van der Waals surface area contributed by atoms with Crippen LogP contribution in [0.4, 0.5) is 17.6 Å². The fraction of sp³-hybridized carbons (Fsp3) is 0.200. The first-order chi connectivity index (χ1) is 10.8. The molecule has 3 aromatic rings. The Morgan fingerprint density at radius 1 is 1.13 bits per heavy atom. The summed E-state index contributed by atoms with van der Waals surface area (Å²) < 4.78 is 55.0. The molecule has 8 heteroatoms. The third kappa shape index (κ3) is 3.25. The zero-order valence-electron chi connectivity index (χ0n) is 12.0. The molecule has 0 atom stereocenters. The Balaban J connectivity index is 1.91. The number of imidazole rings is 2. The van der Waals surface area contributed by atoms with Crippen LogP contribution in [0.25, 0.3) is 5.69 Å². The van der Waals surface area contributed by atoms with Gasteiger partial charge in [-0.15, -0.1) is 0 Å². The maximum Gasteiger partial charge on any atom is 0.416 e. The van der Waals surface area contributed by atoms with Gasteiger partial charge in [0.05, 0.1) is 24.1 Å². The Hall–Kier alpha value is -2.64. The number of hydrogen-bond donors (Lipinski definition) is 0. The van der Waals surface area contributed by atoms with E-state index in [-0.39, 0.29) is 5.69 Å². The number of hydrogen-bond acceptors (Lipinski definition) is 2. The van der Waals surface area contributed by atoms with Gasteiger partial charge in [-0.05, 0) is 25.1 Å². The Morgan fingerprint density at radius 3 is 2.57 bits per heavy atom. The van der Waals surface area contributed by atoms with Gasteiger partial charge in [0.15, 0.2) is 0 Å². The molecular weight excluding hydrogens is 312 g/mol. The lowest BCUT2D eigenvalue weighted by Crippen LogP contribution is -2.07. The number of aryl methyl sites for hydroxylation is 1. The van der Waals surface area contributed by atoms with Gasteiger partial charge in [0.25, 0.3) is 0 Å². The Kier molecular flexibility index (Phi) is 3.67. The normalized spacial score (nSPS) is 11.9.